The first-order valence-corrected chi connectivity index (χ1v) is 8.06. The summed E-state index contributed by atoms with van der Waals surface area (Å²) in [6.45, 7) is 1.99. The first-order chi connectivity index (χ1) is 11.7. The van der Waals surface area contributed by atoms with Gasteiger partial charge < -0.3 is 9.40 Å². The summed E-state index contributed by atoms with van der Waals surface area (Å²) in [6, 6.07) is 7.25. The molecule has 24 heavy (non-hydrogen) atoms. The summed E-state index contributed by atoms with van der Waals surface area (Å²) in [5.41, 5.74) is 2.35. The molecule has 6 nitrogen and oxygen atoms in total. The predicted octanol–water partition coefficient (Wildman–Crippen LogP) is 2.64. The number of rotatable bonds is 3. The smallest absolute Gasteiger partial charge is 0.255 e. The zero-order valence-electron chi connectivity index (χ0n) is 12.8. The highest BCUT2D eigenvalue weighted by Crippen LogP contribution is 2.21. The molecule has 1 N–H and O–H groups in total. The van der Waals surface area contributed by atoms with Crippen molar-refractivity contribution in [3.8, 4) is 11.4 Å². The lowest BCUT2D eigenvalue weighted by molar-refractivity contribution is 0.222. The molecule has 0 spiro atoms. The Hall–Kier alpha value is -2.44. The quantitative estimate of drug-likeness (QED) is 0.792. The van der Waals surface area contributed by atoms with Gasteiger partial charge in [-0.1, -0.05) is 0 Å². The number of furan rings is 1. The molecule has 1 aliphatic rings. The average molecular weight is 343 g/mol. The number of fused-ring (bicyclic) bond motifs is 1. The van der Waals surface area contributed by atoms with Gasteiger partial charge >= 0.3 is 0 Å². The minimum Gasteiger partial charge on any atom is -0.448 e. The molecule has 0 aliphatic carbocycles. The standard InChI is InChI=1S/C17H15ClN4O2/c18-15-2-1-12(24-15)9-22-8-5-14-13(10-22)17(23)21-16(20-14)11-3-6-19-7-4-11/h1-4,6-7H,5,8-10H2,(H,20,21,23). The number of aromatic nitrogens is 3. The molecule has 0 unspecified atom stereocenters. The van der Waals surface area contributed by atoms with Crippen LogP contribution in [0.2, 0.25) is 5.22 Å². The van der Waals surface area contributed by atoms with Crippen molar-refractivity contribution in [3.05, 3.63) is 69.3 Å². The third kappa shape index (κ3) is 2.98. The van der Waals surface area contributed by atoms with Crippen molar-refractivity contribution in [1.29, 1.82) is 0 Å². The summed E-state index contributed by atoms with van der Waals surface area (Å²) in [4.78, 5) is 26.1. The van der Waals surface area contributed by atoms with Gasteiger partial charge in [0.05, 0.1) is 17.8 Å². The van der Waals surface area contributed by atoms with Gasteiger partial charge in [-0.3, -0.25) is 14.7 Å². The lowest BCUT2D eigenvalue weighted by Gasteiger charge is -2.26. The van der Waals surface area contributed by atoms with Gasteiger partial charge in [0.25, 0.3) is 5.56 Å². The van der Waals surface area contributed by atoms with Crippen molar-refractivity contribution in [2.45, 2.75) is 19.5 Å². The third-order valence-electron chi connectivity index (χ3n) is 4.11. The van der Waals surface area contributed by atoms with E-state index in [1.807, 2.05) is 18.2 Å². The van der Waals surface area contributed by atoms with Crippen LogP contribution in [0.4, 0.5) is 0 Å². The molecule has 3 aromatic heterocycles. The Bertz CT molecular complexity index is 920. The molecule has 122 valence electrons. The summed E-state index contributed by atoms with van der Waals surface area (Å²) in [7, 11) is 0. The number of H-pyrrole nitrogens is 1. The van der Waals surface area contributed by atoms with Gasteiger partial charge in [-0.25, -0.2) is 4.98 Å². The molecular weight excluding hydrogens is 328 g/mol. The molecule has 0 amide bonds. The van der Waals surface area contributed by atoms with Crippen LogP contribution in [0.25, 0.3) is 11.4 Å². The number of halogens is 1. The first kappa shape index (κ1) is 15.1. The number of hydrogen-bond acceptors (Lipinski definition) is 5. The van der Waals surface area contributed by atoms with E-state index in [0.29, 0.717) is 24.1 Å². The van der Waals surface area contributed by atoms with E-state index in [1.54, 1.807) is 18.5 Å². The van der Waals surface area contributed by atoms with Crippen LogP contribution < -0.4 is 5.56 Å². The van der Waals surface area contributed by atoms with E-state index in [0.717, 1.165) is 35.5 Å². The maximum absolute atomic E-state index is 12.5. The van der Waals surface area contributed by atoms with E-state index < -0.39 is 0 Å². The summed E-state index contributed by atoms with van der Waals surface area (Å²) in [5, 5.41) is 0.379. The van der Waals surface area contributed by atoms with Gasteiger partial charge in [-0.05, 0) is 35.9 Å². The van der Waals surface area contributed by atoms with Crippen LogP contribution >= 0.6 is 11.6 Å². The van der Waals surface area contributed by atoms with Gasteiger partial charge in [0.1, 0.15) is 11.6 Å². The van der Waals surface area contributed by atoms with Gasteiger partial charge in [0, 0.05) is 37.5 Å². The minimum absolute atomic E-state index is 0.0889. The second-order valence-electron chi connectivity index (χ2n) is 5.74. The molecule has 0 fully saturated rings. The fourth-order valence-corrected chi connectivity index (χ4v) is 3.08. The Morgan fingerprint density at radius 1 is 1.25 bits per heavy atom. The molecule has 0 saturated heterocycles. The summed E-state index contributed by atoms with van der Waals surface area (Å²) in [5.74, 6) is 1.38. The molecule has 4 rings (SSSR count). The summed E-state index contributed by atoms with van der Waals surface area (Å²) >= 11 is 5.81. The van der Waals surface area contributed by atoms with E-state index in [-0.39, 0.29) is 5.56 Å². The normalized spacial score (nSPS) is 14.5. The van der Waals surface area contributed by atoms with Crippen LogP contribution in [-0.2, 0) is 19.5 Å². The predicted molar refractivity (Wildman–Crippen MR) is 89.6 cm³/mol. The zero-order chi connectivity index (χ0) is 16.5. The van der Waals surface area contributed by atoms with Crippen molar-refractivity contribution in [2.24, 2.45) is 0 Å². The van der Waals surface area contributed by atoms with Crippen molar-refractivity contribution < 1.29 is 4.42 Å². The molecule has 0 atom stereocenters. The Kier molecular flexibility index (Phi) is 3.92. The topological polar surface area (TPSA) is 75.0 Å². The number of nitrogens with zero attached hydrogens (tertiary/aromatic N) is 3. The second-order valence-corrected chi connectivity index (χ2v) is 6.11. The highest BCUT2D eigenvalue weighted by atomic mass is 35.5. The van der Waals surface area contributed by atoms with Crippen LogP contribution in [0.3, 0.4) is 0 Å². The summed E-state index contributed by atoms with van der Waals surface area (Å²) < 4.78 is 5.40. The minimum atomic E-state index is -0.0889. The van der Waals surface area contributed by atoms with E-state index >= 15 is 0 Å². The molecule has 0 saturated carbocycles. The van der Waals surface area contributed by atoms with Gasteiger partial charge in [-0.2, -0.15) is 0 Å². The van der Waals surface area contributed by atoms with E-state index in [2.05, 4.69) is 19.9 Å². The molecule has 7 heteroatoms. The highest BCUT2D eigenvalue weighted by molar-refractivity contribution is 6.28. The number of hydrogen-bond donors (Lipinski definition) is 1. The number of nitrogens with one attached hydrogen (secondary N) is 1. The third-order valence-corrected chi connectivity index (χ3v) is 4.31. The van der Waals surface area contributed by atoms with Gasteiger partial charge in [-0.15, -0.1) is 0 Å². The molecule has 1 aliphatic heterocycles. The monoisotopic (exact) mass is 342 g/mol. The van der Waals surface area contributed by atoms with Crippen LogP contribution in [0.5, 0.6) is 0 Å². The van der Waals surface area contributed by atoms with E-state index in [9.17, 15) is 4.79 Å². The van der Waals surface area contributed by atoms with Gasteiger partial charge in [0.15, 0.2) is 5.22 Å². The maximum atomic E-state index is 12.5. The fraction of sp³-hybridized carbons (Fsp3) is 0.235. The van der Waals surface area contributed by atoms with Crippen molar-refractivity contribution in [2.75, 3.05) is 6.54 Å². The Balaban J connectivity index is 1.59. The Labute approximate surface area is 143 Å². The molecule has 0 aromatic carbocycles. The van der Waals surface area contributed by atoms with Gasteiger partial charge in [0.2, 0.25) is 0 Å². The highest BCUT2D eigenvalue weighted by Gasteiger charge is 2.22. The second kappa shape index (κ2) is 6.22. The van der Waals surface area contributed by atoms with Crippen LogP contribution in [0, 0.1) is 0 Å². The average Bonchev–Trinajstić information content (AvgIpc) is 3.01. The molecule has 4 heterocycles. The SMILES string of the molecule is O=c1[nH]c(-c2ccncc2)nc2c1CN(Cc1ccc(Cl)o1)CC2. The number of pyridine rings is 1. The molecule has 0 bridgehead atoms. The van der Waals surface area contributed by atoms with Crippen molar-refractivity contribution in [1.82, 2.24) is 19.9 Å². The zero-order valence-corrected chi connectivity index (χ0v) is 13.6. The summed E-state index contributed by atoms with van der Waals surface area (Å²) in [6.07, 6.45) is 4.10. The maximum Gasteiger partial charge on any atom is 0.255 e. The first-order valence-electron chi connectivity index (χ1n) is 7.68. The molecule has 0 radical (unpaired) electrons. The Morgan fingerprint density at radius 3 is 2.83 bits per heavy atom. The van der Waals surface area contributed by atoms with Crippen molar-refractivity contribution >= 4 is 11.6 Å². The van der Waals surface area contributed by atoms with Crippen LogP contribution in [0.1, 0.15) is 17.0 Å². The van der Waals surface area contributed by atoms with Crippen LogP contribution in [0.15, 0.2) is 45.9 Å². The van der Waals surface area contributed by atoms with E-state index in [4.69, 9.17) is 16.0 Å². The number of aromatic amines is 1. The molecular formula is C17H15ClN4O2. The Morgan fingerprint density at radius 2 is 2.08 bits per heavy atom. The molecule has 3 aromatic rings. The van der Waals surface area contributed by atoms with E-state index in [1.165, 1.54) is 0 Å². The largest absolute Gasteiger partial charge is 0.448 e. The fourth-order valence-electron chi connectivity index (χ4n) is 2.92. The van der Waals surface area contributed by atoms with Crippen LogP contribution in [-0.4, -0.2) is 26.4 Å². The lowest BCUT2D eigenvalue weighted by Crippen LogP contribution is -2.35. The van der Waals surface area contributed by atoms with Crippen molar-refractivity contribution in [3.63, 3.8) is 0 Å². The lowest BCUT2D eigenvalue weighted by atomic mass is 10.1.